The van der Waals surface area contributed by atoms with Gasteiger partial charge in [0, 0.05) is 6.42 Å². The largest absolute Gasteiger partial charge is 0.387 e. The van der Waals surface area contributed by atoms with Gasteiger partial charge < -0.3 is 5.73 Å². The van der Waals surface area contributed by atoms with Crippen LogP contribution in [0.3, 0.4) is 0 Å². The van der Waals surface area contributed by atoms with Crippen LogP contribution in [0.25, 0.3) is 6.08 Å². The summed E-state index contributed by atoms with van der Waals surface area (Å²) in [6.45, 7) is 0. The maximum Gasteiger partial charge on any atom is 0.108 e. The number of rotatable bonds is 0. The van der Waals surface area contributed by atoms with Crippen molar-refractivity contribution in [2.24, 2.45) is 10.7 Å². The average molecular weight is 243 g/mol. The molecule has 0 spiro atoms. The van der Waals surface area contributed by atoms with Gasteiger partial charge in [-0.1, -0.05) is 0 Å². The van der Waals surface area contributed by atoms with Crippen molar-refractivity contribution in [3.05, 3.63) is 26.5 Å². The number of thiophene rings is 1. The van der Waals surface area contributed by atoms with Crippen LogP contribution in [0.2, 0.25) is 0 Å². The van der Waals surface area contributed by atoms with Gasteiger partial charge in [-0.25, -0.2) is 4.99 Å². The van der Waals surface area contributed by atoms with Crippen molar-refractivity contribution in [1.82, 2.24) is 0 Å². The molecule has 62 valence electrons. The van der Waals surface area contributed by atoms with Gasteiger partial charge in [0.15, 0.2) is 0 Å². The molecular weight excluding hydrogens is 236 g/mol. The van der Waals surface area contributed by atoms with Crippen LogP contribution in [-0.2, 0) is 6.42 Å². The van der Waals surface area contributed by atoms with E-state index in [4.69, 9.17) is 5.73 Å². The number of hydrogen-bond acceptors (Lipinski definition) is 3. The minimum Gasteiger partial charge on any atom is -0.387 e. The monoisotopic (exact) mass is 242 g/mol. The van der Waals surface area contributed by atoms with Crippen molar-refractivity contribution >= 4 is 39.2 Å². The van der Waals surface area contributed by atoms with E-state index in [0.717, 1.165) is 11.0 Å². The lowest BCUT2D eigenvalue weighted by Crippen LogP contribution is -2.13. The Morgan fingerprint density at radius 3 is 3.17 bits per heavy atom. The molecule has 12 heavy (non-hydrogen) atoms. The van der Waals surface area contributed by atoms with E-state index in [9.17, 15) is 0 Å². The van der Waals surface area contributed by atoms with E-state index >= 15 is 0 Å². The highest BCUT2D eigenvalue weighted by Gasteiger charge is 2.08. The molecule has 2 heterocycles. The molecule has 0 radical (unpaired) electrons. The number of fused-ring (bicyclic) bond motifs is 1. The van der Waals surface area contributed by atoms with Crippen LogP contribution in [-0.4, -0.2) is 5.84 Å². The molecule has 1 aliphatic heterocycles. The summed E-state index contributed by atoms with van der Waals surface area (Å²) in [5.74, 6) is 0.662. The first-order chi connectivity index (χ1) is 5.75. The molecule has 1 aromatic rings. The quantitative estimate of drug-likeness (QED) is 0.698. The van der Waals surface area contributed by atoms with Crippen molar-refractivity contribution in [2.45, 2.75) is 6.42 Å². The molecule has 4 heteroatoms. The Balaban J connectivity index is 2.52. The Hall–Kier alpha value is -0.610. The Morgan fingerprint density at radius 1 is 1.50 bits per heavy atom. The van der Waals surface area contributed by atoms with Gasteiger partial charge in [-0.2, -0.15) is 11.3 Å². The van der Waals surface area contributed by atoms with Crippen LogP contribution >= 0.6 is 27.3 Å². The van der Waals surface area contributed by atoms with Crippen molar-refractivity contribution in [3.8, 4) is 0 Å². The molecule has 0 saturated heterocycles. The number of nitrogens with zero attached hydrogens (tertiary/aromatic N) is 1. The molecule has 0 unspecified atom stereocenters. The number of hydrogen-bond donors (Lipinski definition) is 1. The zero-order valence-corrected chi connectivity index (χ0v) is 8.65. The lowest BCUT2D eigenvalue weighted by atomic mass is 10.1. The second-order valence-electron chi connectivity index (χ2n) is 2.60. The van der Waals surface area contributed by atoms with Crippen molar-refractivity contribution in [2.75, 3.05) is 0 Å². The second kappa shape index (κ2) is 3.03. The van der Waals surface area contributed by atoms with Gasteiger partial charge in [0.2, 0.25) is 0 Å². The average Bonchev–Trinajstić information content (AvgIpc) is 2.31. The molecule has 2 nitrogen and oxygen atoms in total. The summed E-state index contributed by atoms with van der Waals surface area (Å²) >= 11 is 5.02. The third-order valence-corrected chi connectivity index (χ3v) is 2.89. The topological polar surface area (TPSA) is 38.4 Å². The third kappa shape index (κ3) is 1.44. The summed E-state index contributed by atoms with van der Waals surface area (Å²) in [5.41, 5.74) is 8.16. The summed E-state index contributed by atoms with van der Waals surface area (Å²) in [7, 11) is 0. The second-order valence-corrected chi connectivity index (χ2v) is 4.16. The van der Waals surface area contributed by atoms with Crippen LogP contribution < -0.4 is 5.73 Å². The number of aliphatic imine (C=N–C) groups is 1. The molecule has 0 amide bonds. The molecule has 0 atom stereocenters. The van der Waals surface area contributed by atoms with E-state index < -0.39 is 0 Å². The third-order valence-electron chi connectivity index (χ3n) is 1.67. The van der Waals surface area contributed by atoms with Gasteiger partial charge in [0.25, 0.3) is 0 Å². The zero-order chi connectivity index (χ0) is 8.55. The van der Waals surface area contributed by atoms with Gasteiger partial charge in [0.1, 0.15) is 10.4 Å². The van der Waals surface area contributed by atoms with Crippen LogP contribution in [0.5, 0.6) is 0 Å². The van der Waals surface area contributed by atoms with Crippen molar-refractivity contribution in [1.29, 1.82) is 0 Å². The molecule has 2 N–H and O–H groups in total. The fourth-order valence-corrected chi connectivity index (χ4v) is 2.43. The zero-order valence-electron chi connectivity index (χ0n) is 6.25. The van der Waals surface area contributed by atoms with Crippen LogP contribution in [0.4, 0.5) is 0 Å². The normalized spacial score (nSPS) is 16.1. The molecule has 2 rings (SSSR count). The predicted octanol–water partition coefficient (Wildman–Crippen LogP) is 2.35. The Bertz CT molecular complexity index is 365. The Labute approximate surface area is 82.9 Å². The molecule has 0 aromatic carbocycles. The molecule has 0 fully saturated rings. The highest BCUT2D eigenvalue weighted by molar-refractivity contribution is 9.11. The fourth-order valence-electron chi connectivity index (χ4n) is 1.14. The summed E-state index contributed by atoms with van der Waals surface area (Å²) in [6, 6.07) is 0. The molecule has 0 bridgehead atoms. The first-order valence-electron chi connectivity index (χ1n) is 3.51. The Kier molecular flexibility index (Phi) is 2.02. The number of nitrogens with two attached hydrogens (primary N) is 1. The maximum atomic E-state index is 5.68. The van der Waals surface area contributed by atoms with Gasteiger partial charge >= 0.3 is 0 Å². The standard InChI is InChI=1S/C8H7BrN2S/c9-7-1-5-3-12-4-6(5)2-8(10)11-7/h1,3-4H,2H2,(H2,10,11). The van der Waals surface area contributed by atoms with Gasteiger partial charge in [-0.05, 0) is 43.9 Å². The first-order valence-corrected chi connectivity index (χ1v) is 5.24. The van der Waals surface area contributed by atoms with Crippen molar-refractivity contribution < 1.29 is 0 Å². The summed E-state index contributed by atoms with van der Waals surface area (Å²) in [5, 5.41) is 4.21. The first kappa shape index (κ1) is 8.01. The van der Waals surface area contributed by atoms with Crippen LogP contribution in [0.15, 0.2) is 20.4 Å². The van der Waals surface area contributed by atoms with Crippen molar-refractivity contribution in [3.63, 3.8) is 0 Å². The minimum absolute atomic E-state index is 0.662. The highest BCUT2D eigenvalue weighted by atomic mass is 79.9. The molecule has 1 aliphatic rings. The summed E-state index contributed by atoms with van der Waals surface area (Å²) < 4.78 is 0.803. The van der Waals surface area contributed by atoms with E-state index in [-0.39, 0.29) is 0 Å². The molecule has 1 aromatic heterocycles. The Morgan fingerprint density at radius 2 is 2.33 bits per heavy atom. The molecule has 0 saturated carbocycles. The molecular formula is C8H7BrN2S. The van der Waals surface area contributed by atoms with Gasteiger partial charge in [0.05, 0.1) is 0 Å². The molecule has 0 aliphatic carbocycles. The lowest BCUT2D eigenvalue weighted by molar-refractivity contribution is 1.30. The lowest BCUT2D eigenvalue weighted by Gasteiger charge is -1.94. The van der Waals surface area contributed by atoms with Crippen LogP contribution in [0.1, 0.15) is 11.1 Å². The maximum absolute atomic E-state index is 5.68. The number of halogens is 1. The minimum atomic E-state index is 0.662. The smallest absolute Gasteiger partial charge is 0.108 e. The van der Waals surface area contributed by atoms with E-state index in [2.05, 4.69) is 31.7 Å². The summed E-state index contributed by atoms with van der Waals surface area (Å²) in [6.07, 6.45) is 2.75. The highest BCUT2D eigenvalue weighted by Crippen LogP contribution is 2.24. The van der Waals surface area contributed by atoms with Gasteiger partial charge in [-0.15, -0.1) is 0 Å². The number of amidine groups is 1. The van der Waals surface area contributed by atoms with Gasteiger partial charge in [-0.3, -0.25) is 0 Å². The van der Waals surface area contributed by atoms with E-state index in [1.165, 1.54) is 11.1 Å². The van der Waals surface area contributed by atoms with E-state index in [0.29, 0.717) is 5.84 Å². The van der Waals surface area contributed by atoms with Crippen LogP contribution in [0, 0.1) is 0 Å². The SMILES string of the molecule is NC1=NC(Br)=Cc2cscc2C1. The fraction of sp³-hybridized carbons (Fsp3) is 0.125. The van der Waals surface area contributed by atoms with E-state index in [1.54, 1.807) is 11.3 Å². The predicted molar refractivity (Wildman–Crippen MR) is 56.5 cm³/mol. The summed E-state index contributed by atoms with van der Waals surface area (Å²) in [4.78, 5) is 4.14. The van der Waals surface area contributed by atoms with E-state index in [1.807, 2.05) is 6.08 Å².